The van der Waals surface area contributed by atoms with E-state index < -0.39 is 0 Å². The van der Waals surface area contributed by atoms with E-state index in [9.17, 15) is 10.1 Å². The Labute approximate surface area is 174 Å². The van der Waals surface area contributed by atoms with Crippen LogP contribution in [0.1, 0.15) is 17.9 Å². The highest BCUT2D eigenvalue weighted by Crippen LogP contribution is 2.43. The number of thioether (sulfide) groups is 1. The van der Waals surface area contributed by atoms with E-state index in [2.05, 4.69) is 11.0 Å². The number of anilines is 1. The van der Waals surface area contributed by atoms with E-state index in [0.29, 0.717) is 18.1 Å². The van der Waals surface area contributed by atoms with E-state index in [0.717, 1.165) is 27.8 Å². The molecule has 0 aromatic heterocycles. The van der Waals surface area contributed by atoms with Gasteiger partial charge in [-0.1, -0.05) is 23.9 Å². The Morgan fingerprint density at radius 2 is 1.86 bits per heavy atom. The van der Waals surface area contributed by atoms with E-state index in [-0.39, 0.29) is 18.2 Å². The first-order valence-electron chi connectivity index (χ1n) is 9.25. The van der Waals surface area contributed by atoms with Crippen molar-refractivity contribution in [2.45, 2.75) is 12.3 Å². The monoisotopic (exact) mass is 407 g/mol. The Morgan fingerprint density at radius 1 is 1.10 bits per heavy atom. The van der Waals surface area contributed by atoms with Gasteiger partial charge in [-0.3, -0.25) is 9.69 Å². The van der Waals surface area contributed by atoms with Gasteiger partial charge in [0.1, 0.15) is 11.5 Å². The van der Waals surface area contributed by atoms with Crippen LogP contribution in [-0.4, -0.2) is 37.6 Å². The minimum atomic E-state index is -0.242. The molecule has 0 spiro atoms. The van der Waals surface area contributed by atoms with Crippen molar-refractivity contribution in [3.63, 3.8) is 0 Å². The topological polar surface area (TPSA) is 65.8 Å². The van der Waals surface area contributed by atoms with Crippen molar-refractivity contribution in [2.24, 2.45) is 0 Å². The number of ether oxygens (including phenoxy) is 2. The molecule has 29 heavy (non-hydrogen) atoms. The van der Waals surface area contributed by atoms with Gasteiger partial charge in [-0.15, -0.1) is 0 Å². The first-order valence-corrected chi connectivity index (χ1v) is 10.2. The fourth-order valence-corrected chi connectivity index (χ4v) is 4.83. The van der Waals surface area contributed by atoms with Gasteiger partial charge in [-0.05, 0) is 42.0 Å². The Hall–Kier alpha value is -3.11. The van der Waals surface area contributed by atoms with E-state index >= 15 is 0 Å². The number of hydrogen-bond acceptors (Lipinski definition) is 6. The summed E-state index contributed by atoms with van der Waals surface area (Å²) in [5.41, 5.74) is 2.59. The summed E-state index contributed by atoms with van der Waals surface area (Å²) in [7, 11) is 3.25. The highest BCUT2D eigenvalue weighted by Gasteiger charge is 2.38. The average molecular weight is 407 g/mol. The van der Waals surface area contributed by atoms with Gasteiger partial charge in [-0.2, -0.15) is 5.26 Å². The number of fused-ring (bicyclic) bond motifs is 1. The lowest BCUT2D eigenvalue weighted by Crippen LogP contribution is -2.47. The van der Waals surface area contributed by atoms with Gasteiger partial charge in [0.2, 0.25) is 5.91 Å². The molecule has 1 amide bonds. The Kier molecular flexibility index (Phi) is 5.36. The molecule has 2 aliphatic heterocycles. The maximum Gasteiger partial charge on any atom is 0.229 e. The second-order valence-corrected chi connectivity index (χ2v) is 7.77. The van der Waals surface area contributed by atoms with Gasteiger partial charge in [-0.25, -0.2) is 0 Å². The lowest BCUT2D eigenvalue weighted by Gasteiger charge is -2.42. The lowest BCUT2D eigenvalue weighted by molar-refractivity contribution is -0.129. The van der Waals surface area contributed by atoms with Crippen LogP contribution in [-0.2, 0) is 4.79 Å². The number of methoxy groups -OCH3 is 2. The lowest BCUT2D eigenvalue weighted by atomic mass is 9.86. The number of allylic oxidation sites excluding steroid dienone is 1. The molecule has 148 valence electrons. The average Bonchev–Trinajstić information content (AvgIpc) is 2.79. The van der Waals surface area contributed by atoms with Crippen molar-refractivity contribution in [3.05, 3.63) is 64.7 Å². The molecular formula is C22H21N3O3S. The maximum absolute atomic E-state index is 13.0. The second-order valence-electron chi connectivity index (χ2n) is 6.84. The Bertz CT molecular complexity index is 997. The van der Waals surface area contributed by atoms with Crippen LogP contribution in [0, 0.1) is 11.3 Å². The van der Waals surface area contributed by atoms with Crippen LogP contribution in [0.15, 0.2) is 59.1 Å². The number of amides is 1. The standard InChI is InChI=1S/C22H21N3O3S/c1-27-17-8-6-16(7-9-17)24-13-25-21(26)11-19(20(12-23)22(25)29-14-24)15-4-3-5-18(10-15)28-2/h3-10,19H,11,13-14H2,1-2H3/t19-/m0/s1. The number of carbonyl (C=O) groups is 1. The summed E-state index contributed by atoms with van der Waals surface area (Å²) in [6.07, 6.45) is 0.274. The van der Waals surface area contributed by atoms with Gasteiger partial charge < -0.3 is 14.4 Å². The minimum absolute atomic E-state index is 0.0255. The highest BCUT2D eigenvalue weighted by molar-refractivity contribution is 8.03. The van der Waals surface area contributed by atoms with Crippen LogP contribution in [0.3, 0.4) is 0 Å². The molecule has 0 saturated carbocycles. The predicted molar refractivity (Wildman–Crippen MR) is 113 cm³/mol. The second kappa shape index (κ2) is 8.10. The van der Waals surface area contributed by atoms with Crippen LogP contribution in [0.4, 0.5) is 5.69 Å². The fraction of sp³-hybridized carbons (Fsp3) is 0.273. The van der Waals surface area contributed by atoms with Gasteiger partial charge in [0.15, 0.2) is 0 Å². The van der Waals surface area contributed by atoms with Crippen LogP contribution >= 0.6 is 11.8 Å². The molecule has 4 rings (SSSR count). The molecule has 1 fully saturated rings. The highest BCUT2D eigenvalue weighted by atomic mass is 32.2. The molecule has 0 aliphatic carbocycles. The van der Waals surface area contributed by atoms with Crippen molar-refractivity contribution < 1.29 is 14.3 Å². The summed E-state index contributed by atoms with van der Waals surface area (Å²) in [4.78, 5) is 16.8. The zero-order valence-electron chi connectivity index (χ0n) is 16.3. The van der Waals surface area contributed by atoms with Crippen LogP contribution in [0.2, 0.25) is 0 Å². The summed E-state index contributed by atoms with van der Waals surface area (Å²) < 4.78 is 10.5. The predicted octanol–water partition coefficient (Wildman–Crippen LogP) is 3.92. The molecule has 0 bridgehead atoms. The molecule has 2 aromatic rings. The smallest absolute Gasteiger partial charge is 0.229 e. The first-order chi connectivity index (χ1) is 14.1. The molecule has 7 heteroatoms. The summed E-state index contributed by atoms with van der Waals surface area (Å²) in [6, 6.07) is 17.7. The molecule has 0 N–H and O–H groups in total. The van der Waals surface area contributed by atoms with E-state index in [1.807, 2.05) is 48.5 Å². The van der Waals surface area contributed by atoms with Crippen LogP contribution < -0.4 is 14.4 Å². The van der Waals surface area contributed by atoms with Crippen LogP contribution in [0.5, 0.6) is 11.5 Å². The van der Waals surface area contributed by atoms with E-state index in [1.54, 1.807) is 19.1 Å². The SMILES string of the molecule is COc1ccc(N2CSC3=C(C#N)[C@H](c4cccc(OC)c4)CC(=O)N3C2)cc1. The third-order valence-corrected chi connectivity index (χ3v) is 6.38. The van der Waals surface area contributed by atoms with Gasteiger partial charge in [0, 0.05) is 18.0 Å². The van der Waals surface area contributed by atoms with Crippen LogP contribution in [0.25, 0.3) is 0 Å². The zero-order chi connectivity index (χ0) is 20.4. The van der Waals surface area contributed by atoms with Gasteiger partial charge in [0.05, 0.1) is 43.4 Å². The first kappa shape index (κ1) is 19.2. The molecule has 0 radical (unpaired) electrons. The summed E-state index contributed by atoms with van der Waals surface area (Å²) in [6.45, 7) is 0.434. The summed E-state index contributed by atoms with van der Waals surface area (Å²) in [5.74, 6) is 1.97. The largest absolute Gasteiger partial charge is 0.497 e. The van der Waals surface area contributed by atoms with Crippen molar-refractivity contribution in [2.75, 3.05) is 31.7 Å². The maximum atomic E-state index is 13.0. The van der Waals surface area contributed by atoms with Crippen molar-refractivity contribution in [3.8, 4) is 17.6 Å². The number of nitrogens with zero attached hydrogens (tertiary/aromatic N) is 3. The molecule has 1 saturated heterocycles. The van der Waals surface area contributed by atoms with Gasteiger partial charge >= 0.3 is 0 Å². The number of nitriles is 1. The molecule has 2 aliphatic rings. The number of rotatable bonds is 4. The Balaban J connectivity index is 1.63. The van der Waals surface area contributed by atoms with E-state index in [4.69, 9.17) is 9.47 Å². The number of hydrogen-bond donors (Lipinski definition) is 0. The molecule has 2 heterocycles. The quantitative estimate of drug-likeness (QED) is 0.765. The molecular weight excluding hydrogens is 386 g/mol. The third-order valence-electron chi connectivity index (χ3n) is 5.23. The zero-order valence-corrected chi connectivity index (χ0v) is 17.1. The van der Waals surface area contributed by atoms with Crippen molar-refractivity contribution in [1.82, 2.24) is 4.90 Å². The molecule has 0 unspecified atom stereocenters. The summed E-state index contributed by atoms with van der Waals surface area (Å²) in [5, 5.41) is 10.7. The number of carbonyl (C=O) groups excluding carboxylic acids is 1. The summed E-state index contributed by atoms with van der Waals surface area (Å²) >= 11 is 1.53. The van der Waals surface area contributed by atoms with Gasteiger partial charge in [0.25, 0.3) is 0 Å². The molecule has 2 aromatic carbocycles. The number of benzene rings is 2. The normalized spacial score (nSPS) is 18.9. The molecule has 1 atom stereocenters. The third kappa shape index (κ3) is 3.64. The van der Waals surface area contributed by atoms with Crippen molar-refractivity contribution in [1.29, 1.82) is 5.26 Å². The van der Waals surface area contributed by atoms with Crippen molar-refractivity contribution >= 4 is 23.4 Å². The Morgan fingerprint density at radius 3 is 2.55 bits per heavy atom. The molecule has 6 nitrogen and oxygen atoms in total. The fourth-order valence-electron chi connectivity index (χ4n) is 3.66. The minimum Gasteiger partial charge on any atom is -0.497 e. The van der Waals surface area contributed by atoms with E-state index in [1.165, 1.54) is 11.8 Å².